The van der Waals surface area contributed by atoms with E-state index in [9.17, 15) is 9.59 Å². The van der Waals surface area contributed by atoms with Crippen LogP contribution in [0.1, 0.15) is 13.8 Å². The Morgan fingerprint density at radius 2 is 1.89 bits per heavy atom. The van der Waals surface area contributed by atoms with Gasteiger partial charge >= 0.3 is 0 Å². The number of thiocarbonyl (C=S) groups is 1. The molecule has 0 spiro atoms. The molecule has 0 aliphatic rings. The summed E-state index contributed by atoms with van der Waals surface area (Å²) in [5.41, 5.74) is 1.27. The van der Waals surface area contributed by atoms with E-state index in [1.165, 1.54) is 23.3 Å². The van der Waals surface area contributed by atoms with Gasteiger partial charge in [-0.3, -0.25) is 9.59 Å². The Balaban J connectivity index is 2.74. The SMILES string of the molecule is CC(=O)N(CC=S)/C(C)=C/C(=O)Nc1ccccc1. The number of amides is 2. The molecule has 19 heavy (non-hydrogen) atoms. The molecule has 0 saturated carbocycles. The summed E-state index contributed by atoms with van der Waals surface area (Å²) in [4.78, 5) is 24.6. The zero-order chi connectivity index (χ0) is 14.3. The van der Waals surface area contributed by atoms with Crippen molar-refractivity contribution in [1.82, 2.24) is 4.90 Å². The van der Waals surface area contributed by atoms with E-state index in [0.29, 0.717) is 17.9 Å². The molecule has 2 amide bonds. The number of carbonyl (C=O) groups is 2. The van der Waals surface area contributed by atoms with Crippen LogP contribution in [-0.2, 0) is 9.59 Å². The zero-order valence-electron chi connectivity index (χ0n) is 10.9. The first-order chi connectivity index (χ1) is 9.04. The third-order valence-electron chi connectivity index (χ3n) is 2.44. The number of anilines is 1. The van der Waals surface area contributed by atoms with Crippen molar-refractivity contribution in [2.75, 3.05) is 11.9 Å². The van der Waals surface area contributed by atoms with Crippen molar-refractivity contribution in [2.45, 2.75) is 13.8 Å². The van der Waals surface area contributed by atoms with E-state index in [4.69, 9.17) is 12.2 Å². The van der Waals surface area contributed by atoms with Crippen molar-refractivity contribution >= 4 is 35.1 Å². The van der Waals surface area contributed by atoms with Crippen LogP contribution in [0.2, 0.25) is 0 Å². The van der Waals surface area contributed by atoms with E-state index in [-0.39, 0.29) is 11.8 Å². The second-order valence-corrected chi connectivity index (χ2v) is 4.27. The highest BCUT2D eigenvalue weighted by Gasteiger charge is 2.10. The van der Waals surface area contributed by atoms with Gasteiger partial charge in [0.1, 0.15) is 0 Å². The van der Waals surface area contributed by atoms with Gasteiger partial charge in [-0.2, -0.15) is 0 Å². The molecule has 1 aromatic carbocycles. The number of para-hydroxylation sites is 1. The normalized spacial score (nSPS) is 10.7. The van der Waals surface area contributed by atoms with Gasteiger partial charge in [0.15, 0.2) is 0 Å². The van der Waals surface area contributed by atoms with Crippen molar-refractivity contribution in [3.05, 3.63) is 42.1 Å². The number of rotatable bonds is 5. The predicted molar refractivity (Wildman–Crippen MR) is 79.9 cm³/mol. The number of hydrogen-bond donors (Lipinski definition) is 1. The maximum atomic E-state index is 11.8. The molecule has 0 aromatic heterocycles. The topological polar surface area (TPSA) is 49.4 Å². The molecule has 0 atom stereocenters. The van der Waals surface area contributed by atoms with E-state index in [1.807, 2.05) is 18.2 Å². The zero-order valence-corrected chi connectivity index (χ0v) is 11.7. The van der Waals surface area contributed by atoms with E-state index in [2.05, 4.69) is 5.32 Å². The van der Waals surface area contributed by atoms with Crippen LogP contribution in [0.3, 0.4) is 0 Å². The molecule has 0 aliphatic carbocycles. The van der Waals surface area contributed by atoms with Gasteiger partial charge in [-0.15, -0.1) is 0 Å². The molecular formula is C14H16N2O2S. The lowest BCUT2D eigenvalue weighted by Crippen LogP contribution is -2.29. The van der Waals surface area contributed by atoms with Gasteiger partial charge in [-0.05, 0) is 24.4 Å². The standard InChI is InChI=1S/C14H16N2O2S/c1-11(16(8-9-19)12(2)17)10-14(18)15-13-6-4-3-5-7-13/h3-7,9-10H,8H2,1-2H3,(H,15,18)/b11-10+. The first kappa shape index (κ1) is 15.0. The van der Waals surface area contributed by atoms with Crippen molar-refractivity contribution in [3.63, 3.8) is 0 Å². The summed E-state index contributed by atoms with van der Waals surface area (Å²) in [7, 11) is 0. The lowest BCUT2D eigenvalue weighted by atomic mass is 10.3. The van der Waals surface area contributed by atoms with E-state index in [0.717, 1.165) is 0 Å². The van der Waals surface area contributed by atoms with Crippen LogP contribution in [0.5, 0.6) is 0 Å². The second kappa shape index (κ2) is 7.43. The summed E-state index contributed by atoms with van der Waals surface area (Å²) in [5.74, 6) is -0.429. The lowest BCUT2D eigenvalue weighted by molar-refractivity contribution is -0.126. The van der Waals surface area contributed by atoms with Crippen LogP contribution in [0.25, 0.3) is 0 Å². The molecule has 1 aromatic rings. The first-order valence-electron chi connectivity index (χ1n) is 5.80. The van der Waals surface area contributed by atoms with Crippen molar-refractivity contribution in [2.24, 2.45) is 0 Å². The largest absolute Gasteiger partial charge is 0.322 e. The first-order valence-corrected chi connectivity index (χ1v) is 6.28. The lowest BCUT2D eigenvalue weighted by Gasteiger charge is -2.19. The number of carbonyl (C=O) groups excluding carboxylic acids is 2. The smallest absolute Gasteiger partial charge is 0.250 e. The highest BCUT2D eigenvalue weighted by atomic mass is 32.1. The summed E-state index contributed by atoms with van der Waals surface area (Å²) >= 11 is 4.74. The van der Waals surface area contributed by atoms with Crippen molar-refractivity contribution in [1.29, 1.82) is 0 Å². The Morgan fingerprint density at radius 1 is 1.26 bits per heavy atom. The number of nitrogens with one attached hydrogen (secondary N) is 1. The van der Waals surface area contributed by atoms with Gasteiger partial charge in [0.2, 0.25) is 11.8 Å². The molecule has 0 saturated heterocycles. The maximum absolute atomic E-state index is 11.8. The number of nitrogens with zero attached hydrogens (tertiary/aromatic N) is 1. The Bertz CT molecular complexity index is 497. The second-order valence-electron chi connectivity index (χ2n) is 3.94. The molecule has 5 heteroatoms. The molecule has 0 aliphatic heterocycles. The Labute approximate surface area is 118 Å². The van der Waals surface area contributed by atoms with Crippen LogP contribution in [-0.4, -0.2) is 28.6 Å². The Hall–Kier alpha value is -2.01. The monoisotopic (exact) mass is 276 g/mol. The van der Waals surface area contributed by atoms with Crippen LogP contribution in [0.15, 0.2) is 42.1 Å². The highest BCUT2D eigenvalue weighted by molar-refractivity contribution is 7.79. The fraction of sp³-hybridized carbons (Fsp3) is 0.214. The summed E-state index contributed by atoms with van der Waals surface area (Å²) in [6, 6.07) is 9.12. The van der Waals surface area contributed by atoms with Gasteiger partial charge in [-0.25, -0.2) is 0 Å². The van der Waals surface area contributed by atoms with Crippen LogP contribution >= 0.6 is 12.2 Å². The van der Waals surface area contributed by atoms with Gasteiger partial charge < -0.3 is 10.2 Å². The molecule has 0 fully saturated rings. The predicted octanol–water partition coefficient (Wildman–Crippen LogP) is 2.38. The quantitative estimate of drug-likeness (QED) is 0.663. The number of benzene rings is 1. The Kier molecular flexibility index (Phi) is 5.89. The molecular weight excluding hydrogens is 260 g/mol. The molecule has 100 valence electrons. The number of allylic oxidation sites excluding steroid dienone is 1. The van der Waals surface area contributed by atoms with Crippen molar-refractivity contribution < 1.29 is 9.59 Å². The van der Waals surface area contributed by atoms with E-state index < -0.39 is 0 Å². The third kappa shape index (κ3) is 5.01. The average molecular weight is 276 g/mol. The maximum Gasteiger partial charge on any atom is 0.250 e. The minimum atomic E-state index is -0.278. The minimum absolute atomic E-state index is 0.151. The fourth-order valence-corrected chi connectivity index (χ4v) is 1.71. The third-order valence-corrected chi connectivity index (χ3v) is 2.59. The van der Waals surface area contributed by atoms with Crippen LogP contribution in [0, 0.1) is 0 Å². The Morgan fingerprint density at radius 3 is 2.42 bits per heavy atom. The minimum Gasteiger partial charge on any atom is -0.322 e. The average Bonchev–Trinajstić information content (AvgIpc) is 2.36. The van der Waals surface area contributed by atoms with Gasteiger partial charge in [-0.1, -0.05) is 30.4 Å². The van der Waals surface area contributed by atoms with Crippen LogP contribution in [0.4, 0.5) is 5.69 Å². The van der Waals surface area contributed by atoms with Crippen LogP contribution < -0.4 is 5.32 Å². The molecule has 0 heterocycles. The molecule has 1 N–H and O–H groups in total. The molecule has 0 unspecified atom stereocenters. The van der Waals surface area contributed by atoms with Gasteiger partial charge in [0, 0.05) is 24.4 Å². The summed E-state index contributed by atoms with van der Waals surface area (Å²) in [5, 5.41) is 4.17. The molecule has 1 rings (SSSR count). The van der Waals surface area contributed by atoms with E-state index >= 15 is 0 Å². The molecule has 4 nitrogen and oxygen atoms in total. The molecule has 0 bridgehead atoms. The fourth-order valence-electron chi connectivity index (χ4n) is 1.56. The number of hydrogen-bond acceptors (Lipinski definition) is 3. The van der Waals surface area contributed by atoms with E-state index in [1.54, 1.807) is 19.1 Å². The summed E-state index contributed by atoms with van der Waals surface area (Å²) in [6.07, 6.45) is 1.38. The summed E-state index contributed by atoms with van der Waals surface area (Å²) in [6.45, 7) is 3.45. The molecule has 0 radical (unpaired) electrons. The summed E-state index contributed by atoms with van der Waals surface area (Å²) < 4.78 is 0. The van der Waals surface area contributed by atoms with Gasteiger partial charge in [0.25, 0.3) is 0 Å². The van der Waals surface area contributed by atoms with Crippen molar-refractivity contribution in [3.8, 4) is 0 Å². The highest BCUT2D eigenvalue weighted by Crippen LogP contribution is 2.07. The van der Waals surface area contributed by atoms with Gasteiger partial charge in [0.05, 0.1) is 6.54 Å².